The van der Waals surface area contributed by atoms with Gasteiger partial charge in [0.2, 0.25) is 5.91 Å². The fourth-order valence-electron chi connectivity index (χ4n) is 1.42. The summed E-state index contributed by atoms with van der Waals surface area (Å²) in [6.45, 7) is 0. The fraction of sp³-hybridized carbons (Fsp3) is 0.385. The van der Waals surface area contributed by atoms with E-state index < -0.39 is 5.97 Å². The predicted octanol–water partition coefficient (Wildman–Crippen LogP) is 1.60. The molecule has 0 saturated carbocycles. The van der Waals surface area contributed by atoms with E-state index in [2.05, 4.69) is 10.1 Å². The number of carbonyl (C=O) groups is 2. The van der Waals surface area contributed by atoms with Crippen LogP contribution in [0.15, 0.2) is 18.2 Å². The van der Waals surface area contributed by atoms with Gasteiger partial charge in [0.1, 0.15) is 11.5 Å². The highest BCUT2D eigenvalue weighted by molar-refractivity contribution is 5.92. The van der Waals surface area contributed by atoms with Gasteiger partial charge in [0.15, 0.2) is 0 Å². The molecule has 1 rings (SSSR count). The van der Waals surface area contributed by atoms with Gasteiger partial charge >= 0.3 is 5.97 Å². The number of benzene rings is 1. The molecule has 19 heavy (non-hydrogen) atoms. The van der Waals surface area contributed by atoms with Gasteiger partial charge in [0.25, 0.3) is 0 Å². The van der Waals surface area contributed by atoms with Gasteiger partial charge in [-0.1, -0.05) is 0 Å². The van der Waals surface area contributed by atoms with Crippen LogP contribution in [0.2, 0.25) is 0 Å². The molecule has 1 amide bonds. The summed E-state index contributed by atoms with van der Waals surface area (Å²) in [7, 11) is 4.34. The fourth-order valence-corrected chi connectivity index (χ4v) is 1.42. The molecular weight excluding hydrogens is 250 g/mol. The van der Waals surface area contributed by atoms with Gasteiger partial charge in [-0.3, -0.25) is 9.59 Å². The topological polar surface area (TPSA) is 73.9 Å². The maximum atomic E-state index is 11.6. The van der Waals surface area contributed by atoms with Crippen molar-refractivity contribution in [2.75, 3.05) is 26.6 Å². The Hall–Kier alpha value is -2.24. The zero-order chi connectivity index (χ0) is 14.3. The minimum Gasteiger partial charge on any atom is -0.497 e. The Labute approximate surface area is 111 Å². The molecule has 0 unspecified atom stereocenters. The molecular formula is C13H17NO5. The Morgan fingerprint density at radius 2 is 1.58 bits per heavy atom. The third-order valence-electron chi connectivity index (χ3n) is 2.42. The molecule has 0 atom stereocenters. The summed E-state index contributed by atoms with van der Waals surface area (Å²) < 4.78 is 14.6. The number of hydrogen-bond acceptors (Lipinski definition) is 5. The first-order chi connectivity index (χ1) is 9.08. The first-order valence-corrected chi connectivity index (χ1v) is 5.68. The summed E-state index contributed by atoms with van der Waals surface area (Å²) >= 11 is 0. The minimum atomic E-state index is -0.418. The highest BCUT2D eigenvalue weighted by Crippen LogP contribution is 2.25. The molecule has 0 aliphatic carbocycles. The van der Waals surface area contributed by atoms with Crippen molar-refractivity contribution in [3.63, 3.8) is 0 Å². The average Bonchev–Trinajstić information content (AvgIpc) is 2.44. The highest BCUT2D eigenvalue weighted by atomic mass is 16.5. The maximum Gasteiger partial charge on any atom is 0.306 e. The number of anilines is 1. The van der Waals surface area contributed by atoms with Gasteiger partial charge in [-0.25, -0.2) is 0 Å². The second-order valence-corrected chi connectivity index (χ2v) is 3.73. The zero-order valence-corrected chi connectivity index (χ0v) is 11.2. The summed E-state index contributed by atoms with van der Waals surface area (Å²) in [5.74, 6) is 0.448. The Bertz CT molecular complexity index is 436. The Morgan fingerprint density at radius 1 is 1.00 bits per heavy atom. The summed E-state index contributed by atoms with van der Waals surface area (Å²) in [5.41, 5.74) is 0.547. The lowest BCUT2D eigenvalue weighted by Gasteiger charge is -2.09. The number of esters is 1. The number of rotatable bonds is 6. The molecule has 0 aromatic heterocycles. The van der Waals surface area contributed by atoms with Gasteiger partial charge in [-0.2, -0.15) is 0 Å². The number of nitrogens with one attached hydrogen (secondary N) is 1. The first kappa shape index (κ1) is 14.8. The summed E-state index contributed by atoms with van der Waals surface area (Å²) in [5, 5.41) is 2.66. The number of methoxy groups -OCH3 is 3. The van der Waals surface area contributed by atoms with Crippen molar-refractivity contribution in [3.8, 4) is 11.5 Å². The van der Waals surface area contributed by atoms with E-state index in [0.29, 0.717) is 17.2 Å². The Morgan fingerprint density at radius 3 is 2.05 bits per heavy atom. The standard InChI is InChI=1S/C13H17NO5/c1-17-10-6-9(7-11(8-10)18-2)14-12(15)4-5-13(16)19-3/h6-8H,4-5H2,1-3H3,(H,14,15). The third kappa shape index (κ3) is 4.87. The lowest BCUT2D eigenvalue weighted by atomic mass is 10.2. The van der Waals surface area contributed by atoms with E-state index in [1.807, 2.05) is 0 Å². The van der Waals surface area contributed by atoms with Gasteiger partial charge in [-0.05, 0) is 0 Å². The molecule has 0 fully saturated rings. The van der Waals surface area contributed by atoms with Gasteiger partial charge in [-0.15, -0.1) is 0 Å². The average molecular weight is 267 g/mol. The second kappa shape index (κ2) is 7.25. The first-order valence-electron chi connectivity index (χ1n) is 5.68. The summed E-state index contributed by atoms with van der Waals surface area (Å²) in [4.78, 5) is 22.6. The van der Waals surface area contributed by atoms with Gasteiger partial charge < -0.3 is 19.5 Å². The number of ether oxygens (including phenoxy) is 3. The van der Waals surface area contributed by atoms with Crippen LogP contribution in [-0.2, 0) is 14.3 Å². The second-order valence-electron chi connectivity index (χ2n) is 3.73. The molecule has 1 aromatic carbocycles. The molecule has 0 bridgehead atoms. The number of hydrogen-bond donors (Lipinski definition) is 1. The van der Waals surface area contributed by atoms with Crippen LogP contribution in [0.1, 0.15) is 12.8 Å². The van der Waals surface area contributed by atoms with Crippen LogP contribution in [0, 0.1) is 0 Å². The van der Waals surface area contributed by atoms with E-state index in [-0.39, 0.29) is 18.7 Å². The molecule has 0 aliphatic heterocycles. The Kier molecular flexibility index (Phi) is 5.66. The molecule has 6 nitrogen and oxygen atoms in total. The van der Waals surface area contributed by atoms with Crippen molar-refractivity contribution in [2.45, 2.75) is 12.8 Å². The molecule has 0 aliphatic rings. The van der Waals surface area contributed by atoms with E-state index in [0.717, 1.165) is 0 Å². The van der Waals surface area contributed by atoms with Gasteiger partial charge in [0, 0.05) is 30.3 Å². The van der Waals surface area contributed by atoms with Crippen molar-refractivity contribution in [3.05, 3.63) is 18.2 Å². The van der Waals surface area contributed by atoms with Crippen LogP contribution in [0.25, 0.3) is 0 Å². The molecule has 104 valence electrons. The van der Waals surface area contributed by atoms with E-state index in [4.69, 9.17) is 9.47 Å². The number of carbonyl (C=O) groups excluding carboxylic acids is 2. The molecule has 1 aromatic rings. The smallest absolute Gasteiger partial charge is 0.306 e. The third-order valence-corrected chi connectivity index (χ3v) is 2.42. The van der Waals surface area contributed by atoms with E-state index >= 15 is 0 Å². The van der Waals surface area contributed by atoms with Crippen molar-refractivity contribution in [2.24, 2.45) is 0 Å². The van der Waals surface area contributed by atoms with E-state index in [1.165, 1.54) is 21.3 Å². The van der Waals surface area contributed by atoms with E-state index in [9.17, 15) is 9.59 Å². The zero-order valence-electron chi connectivity index (χ0n) is 11.2. The monoisotopic (exact) mass is 267 g/mol. The van der Waals surface area contributed by atoms with E-state index in [1.54, 1.807) is 18.2 Å². The number of amides is 1. The molecule has 0 radical (unpaired) electrons. The van der Waals surface area contributed by atoms with Crippen molar-refractivity contribution < 1.29 is 23.8 Å². The molecule has 6 heteroatoms. The Balaban J connectivity index is 2.65. The van der Waals surface area contributed by atoms with Crippen molar-refractivity contribution in [1.29, 1.82) is 0 Å². The van der Waals surface area contributed by atoms with Crippen LogP contribution < -0.4 is 14.8 Å². The van der Waals surface area contributed by atoms with Crippen LogP contribution in [0.5, 0.6) is 11.5 Å². The molecule has 1 N–H and O–H groups in total. The van der Waals surface area contributed by atoms with Crippen LogP contribution in [-0.4, -0.2) is 33.2 Å². The SMILES string of the molecule is COC(=O)CCC(=O)Nc1cc(OC)cc(OC)c1. The van der Waals surface area contributed by atoms with Gasteiger partial charge in [0.05, 0.1) is 27.8 Å². The van der Waals surface area contributed by atoms with Crippen LogP contribution >= 0.6 is 0 Å². The molecule has 0 heterocycles. The molecule has 0 spiro atoms. The van der Waals surface area contributed by atoms with Crippen LogP contribution in [0.3, 0.4) is 0 Å². The summed E-state index contributed by atoms with van der Waals surface area (Å²) in [6.07, 6.45) is 0.107. The quantitative estimate of drug-likeness (QED) is 0.792. The molecule has 0 saturated heterocycles. The van der Waals surface area contributed by atoms with Crippen molar-refractivity contribution in [1.82, 2.24) is 0 Å². The normalized spacial score (nSPS) is 9.63. The lowest BCUT2D eigenvalue weighted by molar-refractivity contribution is -0.141. The lowest BCUT2D eigenvalue weighted by Crippen LogP contribution is -2.14. The van der Waals surface area contributed by atoms with Crippen LogP contribution in [0.4, 0.5) is 5.69 Å². The summed E-state index contributed by atoms with van der Waals surface area (Å²) in [6, 6.07) is 5.03. The largest absolute Gasteiger partial charge is 0.497 e. The van der Waals surface area contributed by atoms with Crippen molar-refractivity contribution >= 4 is 17.6 Å². The minimum absolute atomic E-state index is 0.0451. The highest BCUT2D eigenvalue weighted by Gasteiger charge is 2.09. The maximum absolute atomic E-state index is 11.6. The predicted molar refractivity (Wildman–Crippen MR) is 69.4 cm³/mol.